The van der Waals surface area contributed by atoms with E-state index >= 15 is 0 Å². The summed E-state index contributed by atoms with van der Waals surface area (Å²) in [4.78, 5) is 16.1. The zero-order chi connectivity index (χ0) is 13.7. The van der Waals surface area contributed by atoms with Crippen LogP contribution in [-0.2, 0) is 0 Å². The Labute approximate surface area is 117 Å². The summed E-state index contributed by atoms with van der Waals surface area (Å²) in [7, 11) is 0. The van der Waals surface area contributed by atoms with Gasteiger partial charge < -0.3 is 5.32 Å². The zero-order valence-corrected chi connectivity index (χ0v) is 11.4. The van der Waals surface area contributed by atoms with Crippen LogP contribution in [0.15, 0.2) is 48.7 Å². The van der Waals surface area contributed by atoms with E-state index < -0.39 is 0 Å². The van der Waals surface area contributed by atoms with Gasteiger partial charge in [-0.25, -0.2) is 0 Å². The average molecular weight is 275 g/mol. The number of pyridine rings is 1. The number of hydrogen-bond acceptors (Lipinski definition) is 2. The second-order valence-electron chi connectivity index (χ2n) is 4.22. The molecule has 2 rings (SSSR count). The first-order valence-corrected chi connectivity index (χ1v) is 6.51. The van der Waals surface area contributed by atoms with Crippen LogP contribution in [0.25, 0.3) is 0 Å². The Morgan fingerprint density at radius 2 is 2.00 bits per heavy atom. The number of aryl methyl sites for hydroxylation is 1. The lowest BCUT2D eigenvalue weighted by Crippen LogP contribution is -2.27. The number of rotatable bonds is 4. The monoisotopic (exact) mass is 274 g/mol. The van der Waals surface area contributed by atoms with Gasteiger partial charge in [-0.2, -0.15) is 0 Å². The fourth-order valence-electron chi connectivity index (χ4n) is 1.78. The molecule has 98 valence electrons. The quantitative estimate of drug-likeness (QED) is 0.871. The molecular formula is C15H15ClN2O. The highest BCUT2D eigenvalue weighted by atomic mass is 35.5. The Morgan fingerprint density at radius 3 is 2.68 bits per heavy atom. The molecule has 0 saturated carbocycles. The van der Waals surface area contributed by atoms with Gasteiger partial charge in [-0.05, 0) is 24.6 Å². The highest BCUT2D eigenvalue weighted by Crippen LogP contribution is 2.18. The van der Waals surface area contributed by atoms with Crippen molar-refractivity contribution in [3.05, 3.63) is 65.5 Å². The third-order valence-electron chi connectivity index (χ3n) is 2.85. The molecular weight excluding hydrogens is 260 g/mol. The van der Waals surface area contributed by atoms with Crippen LogP contribution in [0.4, 0.5) is 0 Å². The molecule has 0 spiro atoms. The Bertz CT molecular complexity index is 557. The summed E-state index contributed by atoms with van der Waals surface area (Å²) in [6.07, 6.45) is 1.67. The first-order chi connectivity index (χ1) is 9.18. The van der Waals surface area contributed by atoms with E-state index in [1.807, 2.05) is 37.3 Å². The van der Waals surface area contributed by atoms with Crippen LogP contribution in [-0.4, -0.2) is 17.4 Å². The minimum atomic E-state index is -0.234. The lowest BCUT2D eigenvalue weighted by molar-refractivity contribution is 0.0952. The molecule has 1 amide bonds. The normalized spacial score (nSPS) is 11.9. The fraction of sp³-hybridized carbons (Fsp3) is 0.200. The minimum Gasteiger partial charge on any atom is -0.350 e. The third kappa shape index (κ3) is 3.55. The molecule has 1 atom stereocenters. The average Bonchev–Trinajstić information content (AvgIpc) is 2.46. The number of benzene rings is 1. The highest BCUT2D eigenvalue weighted by Gasteiger charge is 2.12. The number of carbonyl (C=O) groups excluding carboxylic acids is 1. The van der Waals surface area contributed by atoms with Gasteiger partial charge in [-0.1, -0.05) is 30.3 Å². The van der Waals surface area contributed by atoms with Gasteiger partial charge in [0.15, 0.2) is 0 Å². The van der Waals surface area contributed by atoms with E-state index in [0.717, 1.165) is 5.56 Å². The van der Waals surface area contributed by atoms with Gasteiger partial charge in [0.1, 0.15) is 0 Å². The molecule has 1 heterocycles. The number of carbonyl (C=O) groups is 1. The Balaban J connectivity index is 1.96. The van der Waals surface area contributed by atoms with Gasteiger partial charge in [0, 0.05) is 18.4 Å². The second kappa shape index (κ2) is 6.34. The molecule has 0 radical (unpaired) electrons. The van der Waals surface area contributed by atoms with Crippen LogP contribution in [0.2, 0.25) is 0 Å². The van der Waals surface area contributed by atoms with Crippen LogP contribution in [0, 0.1) is 6.92 Å². The number of nitrogens with zero attached hydrogens (tertiary/aromatic N) is 1. The van der Waals surface area contributed by atoms with Crippen molar-refractivity contribution in [1.82, 2.24) is 10.3 Å². The van der Waals surface area contributed by atoms with Crippen LogP contribution in [0.3, 0.4) is 0 Å². The summed E-state index contributed by atoms with van der Waals surface area (Å²) >= 11 is 6.25. The number of halogens is 1. The number of nitrogens with one attached hydrogen (secondary N) is 1. The van der Waals surface area contributed by atoms with Crippen molar-refractivity contribution in [3.8, 4) is 0 Å². The summed E-state index contributed by atoms with van der Waals surface area (Å²) in [6.45, 7) is 2.20. The molecule has 1 unspecified atom stereocenters. The summed E-state index contributed by atoms with van der Waals surface area (Å²) < 4.78 is 0. The molecule has 2 aromatic rings. The molecule has 0 saturated heterocycles. The first-order valence-electron chi connectivity index (χ1n) is 6.07. The Morgan fingerprint density at radius 1 is 1.26 bits per heavy atom. The van der Waals surface area contributed by atoms with E-state index in [1.54, 1.807) is 18.3 Å². The lowest BCUT2D eigenvalue weighted by Gasteiger charge is -2.11. The molecule has 1 aromatic carbocycles. The molecule has 19 heavy (non-hydrogen) atoms. The predicted molar refractivity (Wildman–Crippen MR) is 76.3 cm³/mol. The standard InChI is InChI=1S/C15H15ClN2O/c1-11-13(8-5-9-17-11)15(19)18-10-14(16)12-6-3-2-4-7-12/h2-9,14H,10H2,1H3,(H,18,19). The van der Waals surface area contributed by atoms with Crippen LogP contribution >= 0.6 is 11.6 Å². The van der Waals surface area contributed by atoms with E-state index in [0.29, 0.717) is 17.8 Å². The van der Waals surface area contributed by atoms with Crippen LogP contribution in [0.1, 0.15) is 27.0 Å². The van der Waals surface area contributed by atoms with E-state index in [2.05, 4.69) is 10.3 Å². The maximum Gasteiger partial charge on any atom is 0.253 e. The predicted octanol–water partition coefficient (Wildman–Crippen LogP) is 3.10. The molecule has 0 aliphatic rings. The summed E-state index contributed by atoms with van der Waals surface area (Å²) in [5.41, 5.74) is 2.29. The topological polar surface area (TPSA) is 42.0 Å². The van der Waals surface area contributed by atoms with Crippen molar-refractivity contribution in [2.45, 2.75) is 12.3 Å². The zero-order valence-electron chi connectivity index (χ0n) is 10.6. The largest absolute Gasteiger partial charge is 0.350 e. The lowest BCUT2D eigenvalue weighted by atomic mass is 10.1. The Kier molecular flexibility index (Phi) is 4.53. The maximum absolute atomic E-state index is 12.0. The molecule has 4 heteroatoms. The molecule has 0 aliphatic carbocycles. The number of hydrogen-bond donors (Lipinski definition) is 1. The van der Waals surface area contributed by atoms with Gasteiger partial charge in [-0.15, -0.1) is 11.6 Å². The van der Waals surface area contributed by atoms with Crippen molar-refractivity contribution in [1.29, 1.82) is 0 Å². The second-order valence-corrected chi connectivity index (χ2v) is 4.75. The number of aromatic nitrogens is 1. The highest BCUT2D eigenvalue weighted by molar-refractivity contribution is 6.21. The maximum atomic E-state index is 12.0. The molecule has 0 aliphatic heterocycles. The molecule has 0 bridgehead atoms. The van der Waals surface area contributed by atoms with Crippen molar-refractivity contribution in [3.63, 3.8) is 0 Å². The summed E-state index contributed by atoms with van der Waals surface area (Å²) in [6, 6.07) is 13.2. The van der Waals surface area contributed by atoms with E-state index in [-0.39, 0.29) is 11.3 Å². The van der Waals surface area contributed by atoms with Gasteiger partial charge >= 0.3 is 0 Å². The van der Waals surface area contributed by atoms with Gasteiger partial charge in [0.05, 0.1) is 10.9 Å². The van der Waals surface area contributed by atoms with Crippen molar-refractivity contribution >= 4 is 17.5 Å². The third-order valence-corrected chi connectivity index (χ3v) is 3.26. The van der Waals surface area contributed by atoms with E-state index in [1.165, 1.54) is 0 Å². The van der Waals surface area contributed by atoms with Crippen molar-refractivity contribution in [2.75, 3.05) is 6.54 Å². The molecule has 3 nitrogen and oxygen atoms in total. The molecule has 1 N–H and O–H groups in total. The fourth-order valence-corrected chi connectivity index (χ4v) is 2.00. The molecule has 1 aromatic heterocycles. The number of alkyl halides is 1. The van der Waals surface area contributed by atoms with E-state index in [9.17, 15) is 4.79 Å². The van der Waals surface area contributed by atoms with Gasteiger partial charge in [0.25, 0.3) is 5.91 Å². The SMILES string of the molecule is Cc1ncccc1C(=O)NCC(Cl)c1ccccc1. The smallest absolute Gasteiger partial charge is 0.253 e. The number of amides is 1. The summed E-state index contributed by atoms with van der Waals surface area (Å²) in [5.74, 6) is -0.146. The minimum absolute atomic E-state index is 0.146. The van der Waals surface area contributed by atoms with Crippen molar-refractivity contribution in [2.24, 2.45) is 0 Å². The molecule has 0 fully saturated rings. The first kappa shape index (κ1) is 13.6. The van der Waals surface area contributed by atoms with E-state index in [4.69, 9.17) is 11.6 Å². The summed E-state index contributed by atoms with van der Waals surface area (Å²) in [5, 5.41) is 2.59. The van der Waals surface area contributed by atoms with Crippen molar-refractivity contribution < 1.29 is 4.79 Å². The Hall–Kier alpha value is -1.87. The van der Waals surface area contributed by atoms with Gasteiger partial charge in [-0.3, -0.25) is 9.78 Å². The van der Waals surface area contributed by atoms with Crippen LogP contribution in [0.5, 0.6) is 0 Å². The van der Waals surface area contributed by atoms with Crippen LogP contribution < -0.4 is 5.32 Å². The van der Waals surface area contributed by atoms with Gasteiger partial charge in [0.2, 0.25) is 0 Å².